The minimum atomic E-state index is -0.189. The van der Waals surface area contributed by atoms with E-state index in [1.54, 1.807) is 19.3 Å². The van der Waals surface area contributed by atoms with Crippen molar-refractivity contribution >= 4 is 22.8 Å². The number of aryl methyl sites for hydroxylation is 1. The molecule has 1 N–H and O–H groups in total. The van der Waals surface area contributed by atoms with Gasteiger partial charge in [-0.1, -0.05) is 39.5 Å². The van der Waals surface area contributed by atoms with Crippen molar-refractivity contribution in [1.82, 2.24) is 4.57 Å². The first-order valence-corrected chi connectivity index (χ1v) is 11.9. The Morgan fingerprint density at radius 3 is 2.47 bits per heavy atom. The van der Waals surface area contributed by atoms with Crippen molar-refractivity contribution < 1.29 is 24.3 Å². The van der Waals surface area contributed by atoms with Crippen LogP contribution in [0, 0.1) is 11.8 Å². The predicted molar refractivity (Wildman–Crippen MR) is 132 cm³/mol. The number of nitrogens with one attached hydrogen (secondary N) is 1. The van der Waals surface area contributed by atoms with Gasteiger partial charge in [-0.2, -0.15) is 0 Å². The highest BCUT2D eigenvalue weighted by Crippen LogP contribution is 2.39. The number of ether oxygens (including phenoxy) is 2. The lowest BCUT2D eigenvalue weighted by molar-refractivity contribution is -0.919. The average molecular weight is 463 g/mol. The number of quaternary nitrogens is 1. The first-order chi connectivity index (χ1) is 16.2. The number of rotatable bonds is 8. The van der Waals surface area contributed by atoms with Crippen molar-refractivity contribution in [3.8, 4) is 17.2 Å². The summed E-state index contributed by atoms with van der Waals surface area (Å²) in [6.45, 7) is 11.2. The summed E-state index contributed by atoms with van der Waals surface area (Å²) >= 11 is 0. The summed E-state index contributed by atoms with van der Waals surface area (Å²) in [4.78, 5) is 14.6. The number of hydrogen-bond acceptors (Lipinski definition) is 4. The van der Waals surface area contributed by atoms with E-state index in [0.717, 1.165) is 35.3 Å². The van der Waals surface area contributed by atoms with Gasteiger partial charge < -0.3 is 24.0 Å². The number of nitrogens with zero attached hydrogens (tertiary/aromatic N) is 1. The van der Waals surface area contributed by atoms with Gasteiger partial charge in [-0.25, -0.2) is 0 Å². The standard InChI is InChI=1S/C28H34N2O4/c1-17(2)13-30(14-18(3)4)16-23-25(31)10-8-21-27(32)26(34-28(21)23)11-19-15-29(5)24-9-7-20(33-6)12-22(19)24/h7-12,15,17-18,31H,13-14,16H2,1-6H3. The molecule has 0 radical (unpaired) electrons. The third-order valence-electron chi connectivity index (χ3n) is 6.23. The van der Waals surface area contributed by atoms with Crippen LogP contribution in [0.4, 0.5) is 0 Å². The van der Waals surface area contributed by atoms with Gasteiger partial charge in [0.1, 0.15) is 18.0 Å². The van der Waals surface area contributed by atoms with Crippen LogP contribution in [0.1, 0.15) is 49.2 Å². The molecule has 0 aliphatic carbocycles. The third-order valence-corrected chi connectivity index (χ3v) is 6.23. The van der Waals surface area contributed by atoms with Crippen LogP contribution in [0.5, 0.6) is 17.2 Å². The van der Waals surface area contributed by atoms with Gasteiger partial charge >= 0.3 is 0 Å². The zero-order valence-electron chi connectivity index (χ0n) is 20.9. The lowest BCUT2D eigenvalue weighted by Crippen LogP contribution is -3.11. The molecule has 2 heterocycles. The Balaban J connectivity index is 1.71. The highest BCUT2D eigenvalue weighted by atomic mass is 16.5. The molecule has 1 aliphatic rings. The van der Waals surface area contributed by atoms with Crippen LogP contribution in [0.15, 0.2) is 42.3 Å². The molecule has 2 aromatic carbocycles. The molecule has 0 spiro atoms. The van der Waals surface area contributed by atoms with Crippen LogP contribution in [-0.4, -0.2) is 30.5 Å². The Kier molecular flexibility index (Phi) is 6.71. The van der Waals surface area contributed by atoms with Crippen LogP contribution >= 0.6 is 0 Å². The molecular weight excluding hydrogens is 428 g/mol. The van der Waals surface area contributed by atoms with Gasteiger partial charge in [-0.05, 0) is 30.3 Å². The second-order valence-electron chi connectivity index (χ2n) is 10.1. The average Bonchev–Trinajstić information content (AvgIpc) is 3.25. The fourth-order valence-electron chi connectivity index (χ4n) is 4.87. The summed E-state index contributed by atoms with van der Waals surface area (Å²) in [5.74, 6) is 2.15. The minimum Gasteiger partial charge on any atom is -0.872 e. The molecule has 0 fully saturated rings. The molecule has 0 amide bonds. The topological polar surface area (TPSA) is 68.0 Å². The predicted octanol–water partition coefficient (Wildman–Crippen LogP) is 3.57. The fraction of sp³-hybridized carbons (Fsp3) is 0.393. The molecule has 0 saturated heterocycles. The van der Waals surface area contributed by atoms with Gasteiger partial charge in [0.25, 0.3) is 0 Å². The monoisotopic (exact) mass is 462 g/mol. The van der Waals surface area contributed by atoms with Crippen LogP contribution in [0.3, 0.4) is 0 Å². The van der Waals surface area contributed by atoms with E-state index < -0.39 is 0 Å². The quantitative estimate of drug-likeness (QED) is 0.520. The molecule has 4 rings (SSSR count). The fourth-order valence-corrected chi connectivity index (χ4v) is 4.87. The number of fused-ring (bicyclic) bond motifs is 2. The highest BCUT2D eigenvalue weighted by Gasteiger charge is 2.31. The highest BCUT2D eigenvalue weighted by molar-refractivity contribution is 6.15. The molecule has 6 nitrogen and oxygen atoms in total. The van der Waals surface area contributed by atoms with Gasteiger partial charge in [0.15, 0.2) is 5.76 Å². The van der Waals surface area contributed by atoms with Crippen molar-refractivity contribution in [2.24, 2.45) is 18.9 Å². The van der Waals surface area contributed by atoms with Gasteiger partial charge in [0, 0.05) is 47.1 Å². The van der Waals surface area contributed by atoms with Crippen LogP contribution < -0.4 is 19.5 Å². The van der Waals surface area contributed by atoms with Gasteiger partial charge in [0.05, 0.1) is 25.8 Å². The first-order valence-electron chi connectivity index (χ1n) is 11.9. The molecule has 0 saturated carbocycles. The van der Waals surface area contributed by atoms with Crippen molar-refractivity contribution in [3.05, 3.63) is 59.0 Å². The van der Waals surface area contributed by atoms with E-state index in [4.69, 9.17) is 9.47 Å². The molecule has 6 heteroatoms. The molecule has 0 atom stereocenters. The van der Waals surface area contributed by atoms with Gasteiger partial charge in [-0.15, -0.1) is 0 Å². The SMILES string of the molecule is COc1ccc2c(c1)c(C=C1Oc3c(ccc([O-])c3C[NH+](CC(C)C)CC(C)C)C1=O)cn2C. The second kappa shape index (κ2) is 9.55. The Morgan fingerprint density at radius 2 is 1.82 bits per heavy atom. The zero-order valence-corrected chi connectivity index (χ0v) is 20.9. The minimum absolute atomic E-state index is 0.0762. The largest absolute Gasteiger partial charge is 0.872 e. The summed E-state index contributed by atoms with van der Waals surface area (Å²) in [6, 6.07) is 8.96. The maximum absolute atomic E-state index is 13.2. The Bertz CT molecular complexity index is 1240. The normalized spacial score (nSPS) is 14.6. The number of Topliss-reactive ketones (excluding diaryl/α,β-unsaturated/α-hetero) is 1. The number of benzene rings is 2. The summed E-state index contributed by atoms with van der Waals surface area (Å²) < 4.78 is 13.5. The van der Waals surface area contributed by atoms with E-state index in [0.29, 0.717) is 35.3 Å². The molecule has 0 unspecified atom stereocenters. The van der Waals surface area contributed by atoms with Crippen LogP contribution in [-0.2, 0) is 13.6 Å². The number of hydrogen-bond donors (Lipinski definition) is 1. The zero-order chi connectivity index (χ0) is 24.6. The maximum Gasteiger partial charge on any atom is 0.231 e. The third kappa shape index (κ3) is 4.68. The molecule has 1 aliphatic heterocycles. The number of carbonyl (C=O) groups is 1. The van der Waals surface area contributed by atoms with E-state index in [1.165, 1.54) is 11.0 Å². The molecule has 0 bridgehead atoms. The van der Waals surface area contributed by atoms with Crippen LogP contribution in [0.25, 0.3) is 17.0 Å². The number of carbonyl (C=O) groups excluding carboxylic acids is 1. The smallest absolute Gasteiger partial charge is 0.231 e. The van der Waals surface area contributed by atoms with Crippen molar-refractivity contribution in [2.45, 2.75) is 34.2 Å². The Labute approximate surface area is 201 Å². The molecule has 34 heavy (non-hydrogen) atoms. The first kappa shape index (κ1) is 23.9. The summed E-state index contributed by atoms with van der Waals surface area (Å²) in [5.41, 5.74) is 2.94. The van der Waals surface area contributed by atoms with E-state index in [-0.39, 0.29) is 17.3 Å². The van der Waals surface area contributed by atoms with E-state index in [2.05, 4.69) is 27.7 Å². The second-order valence-corrected chi connectivity index (χ2v) is 10.1. The van der Waals surface area contributed by atoms with Crippen molar-refractivity contribution in [1.29, 1.82) is 0 Å². The van der Waals surface area contributed by atoms with Gasteiger partial charge in [0.2, 0.25) is 5.78 Å². The lowest BCUT2D eigenvalue weighted by Gasteiger charge is -2.26. The van der Waals surface area contributed by atoms with Crippen LogP contribution in [0.2, 0.25) is 0 Å². The molecule has 180 valence electrons. The summed E-state index contributed by atoms with van der Waals surface area (Å²) in [6.07, 6.45) is 3.74. The molecule has 3 aromatic rings. The van der Waals surface area contributed by atoms with Gasteiger partial charge in [-0.3, -0.25) is 4.79 Å². The maximum atomic E-state index is 13.2. The molecular formula is C28H34N2O4. The molecule has 1 aromatic heterocycles. The van der Waals surface area contributed by atoms with Crippen molar-refractivity contribution in [3.63, 3.8) is 0 Å². The summed E-state index contributed by atoms with van der Waals surface area (Å²) in [5, 5.41) is 13.8. The summed E-state index contributed by atoms with van der Waals surface area (Å²) in [7, 11) is 3.60. The number of ketones is 1. The van der Waals surface area contributed by atoms with E-state index in [1.807, 2.05) is 36.0 Å². The lowest BCUT2D eigenvalue weighted by atomic mass is 10.0. The van der Waals surface area contributed by atoms with Crippen molar-refractivity contribution in [2.75, 3.05) is 20.2 Å². The number of methoxy groups -OCH3 is 1. The Hall–Kier alpha value is -3.25. The van der Waals surface area contributed by atoms with E-state index >= 15 is 0 Å². The number of aromatic nitrogens is 1. The van der Waals surface area contributed by atoms with E-state index in [9.17, 15) is 9.90 Å². The number of allylic oxidation sites excluding steroid dienone is 1. The Morgan fingerprint density at radius 1 is 1.12 bits per heavy atom.